The van der Waals surface area contributed by atoms with Crippen LogP contribution in [-0.2, 0) is 9.84 Å². The fourth-order valence-corrected chi connectivity index (χ4v) is 3.52. The van der Waals surface area contributed by atoms with E-state index in [1.165, 1.54) is 29.5 Å². The van der Waals surface area contributed by atoms with E-state index in [9.17, 15) is 13.2 Å². The van der Waals surface area contributed by atoms with Crippen LogP contribution in [-0.4, -0.2) is 43.6 Å². The van der Waals surface area contributed by atoms with Gasteiger partial charge in [-0.05, 0) is 31.0 Å². The number of nitrogens with zero attached hydrogens (tertiary/aromatic N) is 2. The highest BCUT2D eigenvalue weighted by Gasteiger charge is 2.28. The normalized spacial score (nSPS) is 17.9. The van der Waals surface area contributed by atoms with Crippen molar-refractivity contribution in [2.24, 2.45) is 0 Å². The van der Waals surface area contributed by atoms with Crippen molar-refractivity contribution >= 4 is 15.7 Å². The van der Waals surface area contributed by atoms with Crippen molar-refractivity contribution in [3.8, 4) is 0 Å². The summed E-state index contributed by atoms with van der Waals surface area (Å²) in [5.41, 5.74) is 2.90. The van der Waals surface area contributed by atoms with Gasteiger partial charge in [-0.15, -0.1) is 0 Å². The second-order valence-electron chi connectivity index (χ2n) is 6.30. The summed E-state index contributed by atoms with van der Waals surface area (Å²) in [5, 5.41) is -0.0157. The highest BCUT2D eigenvalue weighted by atomic mass is 32.2. The molecule has 0 saturated carbocycles. The molecule has 0 N–H and O–H groups in total. The molecule has 1 amide bonds. The van der Waals surface area contributed by atoms with E-state index < -0.39 is 9.84 Å². The molecule has 24 heavy (non-hydrogen) atoms. The lowest BCUT2D eigenvalue weighted by molar-refractivity contribution is 0.0790. The van der Waals surface area contributed by atoms with E-state index in [4.69, 9.17) is 0 Å². The number of likely N-dealkylation sites (tertiary alicyclic amines) is 1. The Labute approximate surface area is 142 Å². The summed E-state index contributed by atoms with van der Waals surface area (Å²) in [6.07, 6.45) is 3.38. The standard InChI is InChI=1S/C18H20N2O3S/c1-13-3-5-14(6-4-13)16-9-10-20(12-16)18(21)15-7-8-17(19-11-15)24(2,22)23/h3-8,11,16H,9-10,12H2,1-2H3. The zero-order valence-corrected chi connectivity index (χ0v) is 14.6. The van der Waals surface area contributed by atoms with Gasteiger partial charge in [0.25, 0.3) is 5.91 Å². The number of benzene rings is 1. The SMILES string of the molecule is Cc1ccc(C2CCN(C(=O)c3ccc(S(C)(=O)=O)nc3)C2)cc1. The number of carbonyl (C=O) groups excluding carboxylic acids is 1. The van der Waals surface area contributed by atoms with E-state index in [1.807, 2.05) is 4.90 Å². The number of pyridine rings is 1. The maximum absolute atomic E-state index is 12.6. The number of amides is 1. The maximum Gasteiger partial charge on any atom is 0.255 e. The lowest BCUT2D eigenvalue weighted by Gasteiger charge is -2.17. The van der Waals surface area contributed by atoms with Crippen LogP contribution >= 0.6 is 0 Å². The van der Waals surface area contributed by atoms with Crippen LogP contribution in [0, 0.1) is 6.92 Å². The third-order valence-electron chi connectivity index (χ3n) is 4.39. The van der Waals surface area contributed by atoms with Crippen molar-refractivity contribution in [3.63, 3.8) is 0 Å². The topological polar surface area (TPSA) is 67.3 Å². The van der Waals surface area contributed by atoms with Crippen LogP contribution in [0.15, 0.2) is 47.6 Å². The minimum absolute atomic E-state index is 0.0157. The van der Waals surface area contributed by atoms with Gasteiger partial charge < -0.3 is 4.90 Å². The van der Waals surface area contributed by atoms with E-state index in [2.05, 4.69) is 36.2 Å². The number of hydrogen-bond acceptors (Lipinski definition) is 4. The minimum atomic E-state index is -3.35. The van der Waals surface area contributed by atoms with E-state index in [1.54, 1.807) is 0 Å². The second-order valence-corrected chi connectivity index (χ2v) is 8.27. The second kappa shape index (κ2) is 6.36. The van der Waals surface area contributed by atoms with Gasteiger partial charge in [0.05, 0.1) is 5.56 Å². The predicted octanol–water partition coefficient (Wildman–Crippen LogP) is 2.42. The first kappa shape index (κ1) is 16.6. The Bertz CT molecular complexity index is 843. The molecule has 1 aliphatic rings. The first-order valence-electron chi connectivity index (χ1n) is 7.86. The van der Waals surface area contributed by atoms with Crippen molar-refractivity contribution in [3.05, 3.63) is 59.3 Å². The van der Waals surface area contributed by atoms with Crippen LogP contribution in [0.25, 0.3) is 0 Å². The number of sulfone groups is 1. The zero-order chi connectivity index (χ0) is 17.3. The average Bonchev–Trinajstić information content (AvgIpc) is 3.04. The third-order valence-corrected chi connectivity index (χ3v) is 5.39. The average molecular weight is 344 g/mol. The number of hydrogen-bond donors (Lipinski definition) is 0. The molecule has 5 nitrogen and oxygen atoms in total. The Morgan fingerprint density at radius 2 is 1.88 bits per heavy atom. The zero-order valence-electron chi connectivity index (χ0n) is 13.8. The fraction of sp³-hybridized carbons (Fsp3) is 0.333. The fourth-order valence-electron chi connectivity index (χ4n) is 2.96. The van der Waals surface area contributed by atoms with E-state index in [-0.39, 0.29) is 10.9 Å². The molecule has 2 heterocycles. The summed E-state index contributed by atoms with van der Waals surface area (Å²) in [6.45, 7) is 3.43. The summed E-state index contributed by atoms with van der Waals surface area (Å²) < 4.78 is 22.9. The summed E-state index contributed by atoms with van der Waals surface area (Å²) in [4.78, 5) is 18.3. The highest BCUT2D eigenvalue weighted by molar-refractivity contribution is 7.90. The van der Waals surface area contributed by atoms with E-state index in [0.717, 1.165) is 12.7 Å². The van der Waals surface area contributed by atoms with Crippen molar-refractivity contribution in [2.45, 2.75) is 24.3 Å². The van der Waals surface area contributed by atoms with Crippen LogP contribution < -0.4 is 0 Å². The monoisotopic (exact) mass is 344 g/mol. The third kappa shape index (κ3) is 3.48. The molecule has 0 spiro atoms. The molecule has 0 radical (unpaired) electrons. The van der Waals surface area contributed by atoms with Gasteiger partial charge >= 0.3 is 0 Å². The number of aromatic nitrogens is 1. The van der Waals surface area contributed by atoms with Gasteiger partial charge in [0.15, 0.2) is 14.9 Å². The molecule has 0 bridgehead atoms. The van der Waals surface area contributed by atoms with Gasteiger partial charge in [-0.25, -0.2) is 13.4 Å². The Hall–Kier alpha value is -2.21. The van der Waals surface area contributed by atoms with E-state index in [0.29, 0.717) is 24.6 Å². The van der Waals surface area contributed by atoms with Gasteiger partial charge in [0.2, 0.25) is 0 Å². The molecule has 126 valence electrons. The van der Waals surface area contributed by atoms with Gasteiger partial charge in [-0.1, -0.05) is 29.8 Å². The molecule has 6 heteroatoms. The molecular formula is C18H20N2O3S. The first-order valence-corrected chi connectivity index (χ1v) is 9.76. The largest absolute Gasteiger partial charge is 0.338 e. The van der Waals surface area contributed by atoms with Gasteiger partial charge in [-0.2, -0.15) is 0 Å². The molecule has 1 atom stereocenters. The Morgan fingerprint density at radius 3 is 2.46 bits per heavy atom. The molecule has 3 rings (SSSR count). The van der Waals surface area contributed by atoms with Crippen LogP contribution in [0.3, 0.4) is 0 Å². The summed E-state index contributed by atoms with van der Waals surface area (Å²) >= 11 is 0. The van der Waals surface area contributed by atoms with Gasteiger partial charge in [0.1, 0.15) is 0 Å². The first-order chi connectivity index (χ1) is 11.3. The van der Waals surface area contributed by atoms with Crippen LogP contribution in [0.2, 0.25) is 0 Å². The molecule has 1 unspecified atom stereocenters. The molecule has 2 aromatic rings. The molecule has 1 aliphatic heterocycles. The number of carbonyl (C=O) groups is 1. The van der Waals surface area contributed by atoms with Gasteiger partial charge in [-0.3, -0.25) is 4.79 Å². The molecule has 1 saturated heterocycles. The van der Waals surface area contributed by atoms with E-state index >= 15 is 0 Å². The van der Waals surface area contributed by atoms with Crippen molar-refractivity contribution in [1.29, 1.82) is 0 Å². The predicted molar refractivity (Wildman–Crippen MR) is 91.8 cm³/mol. The van der Waals surface area contributed by atoms with Crippen LogP contribution in [0.4, 0.5) is 0 Å². The van der Waals surface area contributed by atoms with Crippen molar-refractivity contribution in [2.75, 3.05) is 19.3 Å². The molecule has 0 aliphatic carbocycles. The highest BCUT2D eigenvalue weighted by Crippen LogP contribution is 2.28. The van der Waals surface area contributed by atoms with Crippen molar-refractivity contribution in [1.82, 2.24) is 9.88 Å². The van der Waals surface area contributed by atoms with Crippen LogP contribution in [0.1, 0.15) is 33.8 Å². The molecule has 1 aromatic heterocycles. The van der Waals surface area contributed by atoms with Gasteiger partial charge in [0, 0.05) is 31.5 Å². The van der Waals surface area contributed by atoms with Crippen molar-refractivity contribution < 1.29 is 13.2 Å². The summed E-state index contributed by atoms with van der Waals surface area (Å²) in [6, 6.07) is 11.3. The Balaban J connectivity index is 1.71. The molecule has 1 fully saturated rings. The Kier molecular flexibility index (Phi) is 4.41. The molecule has 1 aromatic carbocycles. The lowest BCUT2D eigenvalue weighted by Crippen LogP contribution is -2.28. The minimum Gasteiger partial charge on any atom is -0.338 e. The lowest BCUT2D eigenvalue weighted by atomic mass is 9.97. The quantitative estimate of drug-likeness (QED) is 0.858. The maximum atomic E-state index is 12.6. The summed E-state index contributed by atoms with van der Waals surface area (Å²) in [7, 11) is -3.35. The smallest absolute Gasteiger partial charge is 0.255 e. The number of aryl methyl sites for hydroxylation is 1. The summed E-state index contributed by atoms with van der Waals surface area (Å²) in [5.74, 6) is 0.245. The Morgan fingerprint density at radius 1 is 1.17 bits per heavy atom. The van der Waals surface area contributed by atoms with Crippen LogP contribution in [0.5, 0.6) is 0 Å². The number of rotatable bonds is 3. The molecular weight excluding hydrogens is 324 g/mol.